The summed E-state index contributed by atoms with van der Waals surface area (Å²) in [6, 6.07) is 11.7. The SMILES string of the molecule is NC(=O)[C@@H]1CCCC[C@H]1Nc1nc(-c2ccncc2)nc2ccccc12. The molecule has 26 heavy (non-hydrogen) atoms. The van der Waals surface area contributed by atoms with Gasteiger partial charge in [0.25, 0.3) is 0 Å². The molecule has 1 aliphatic rings. The highest BCUT2D eigenvalue weighted by atomic mass is 16.1. The van der Waals surface area contributed by atoms with Crippen molar-refractivity contribution in [3.8, 4) is 11.4 Å². The lowest BCUT2D eigenvalue weighted by molar-refractivity contribution is -0.122. The standard InChI is InChI=1S/C20H21N5O/c21-18(26)14-5-1-3-7-16(14)24-20-15-6-2-4-8-17(15)23-19(25-20)13-9-11-22-12-10-13/h2,4,6,8-12,14,16H,1,3,5,7H2,(H2,21,26)(H,23,24,25)/t14-,16-/m1/s1. The Balaban J connectivity index is 1.77. The maximum absolute atomic E-state index is 11.8. The van der Waals surface area contributed by atoms with Crippen molar-refractivity contribution in [1.82, 2.24) is 15.0 Å². The van der Waals surface area contributed by atoms with E-state index in [2.05, 4.69) is 15.3 Å². The molecule has 2 heterocycles. The molecular weight excluding hydrogens is 326 g/mol. The molecule has 132 valence electrons. The Kier molecular flexibility index (Phi) is 4.48. The molecule has 1 amide bonds. The van der Waals surface area contributed by atoms with Crippen LogP contribution in [0.3, 0.4) is 0 Å². The zero-order valence-corrected chi connectivity index (χ0v) is 14.4. The Morgan fingerprint density at radius 3 is 2.62 bits per heavy atom. The number of hydrogen-bond donors (Lipinski definition) is 2. The molecule has 2 aromatic heterocycles. The first-order valence-electron chi connectivity index (χ1n) is 8.95. The second-order valence-electron chi connectivity index (χ2n) is 6.69. The highest BCUT2D eigenvalue weighted by molar-refractivity contribution is 5.91. The number of carbonyl (C=O) groups excluding carboxylic acids is 1. The van der Waals surface area contributed by atoms with E-state index in [1.807, 2.05) is 36.4 Å². The zero-order valence-electron chi connectivity index (χ0n) is 14.4. The smallest absolute Gasteiger partial charge is 0.222 e. The second-order valence-corrected chi connectivity index (χ2v) is 6.69. The van der Waals surface area contributed by atoms with E-state index >= 15 is 0 Å². The van der Waals surface area contributed by atoms with Crippen LogP contribution in [0.25, 0.3) is 22.3 Å². The van der Waals surface area contributed by atoms with Gasteiger partial charge in [0.05, 0.1) is 11.4 Å². The van der Waals surface area contributed by atoms with E-state index in [0.717, 1.165) is 48.0 Å². The number of aromatic nitrogens is 3. The van der Waals surface area contributed by atoms with Crippen LogP contribution in [0.2, 0.25) is 0 Å². The molecule has 0 bridgehead atoms. The fourth-order valence-electron chi connectivity index (χ4n) is 3.64. The number of rotatable bonds is 4. The van der Waals surface area contributed by atoms with Gasteiger partial charge in [-0.3, -0.25) is 9.78 Å². The highest BCUT2D eigenvalue weighted by Gasteiger charge is 2.30. The van der Waals surface area contributed by atoms with Crippen molar-refractivity contribution >= 4 is 22.6 Å². The van der Waals surface area contributed by atoms with Gasteiger partial charge in [0.15, 0.2) is 5.82 Å². The van der Waals surface area contributed by atoms with E-state index in [4.69, 9.17) is 10.7 Å². The molecule has 4 rings (SSSR count). The molecule has 2 atom stereocenters. The Hall–Kier alpha value is -3.02. The molecule has 6 heteroatoms. The maximum Gasteiger partial charge on any atom is 0.222 e. The van der Waals surface area contributed by atoms with E-state index in [1.54, 1.807) is 12.4 Å². The largest absolute Gasteiger partial charge is 0.369 e. The number of carbonyl (C=O) groups is 1. The van der Waals surface area contributed by atoms with Crippen LogP contribution in [0.5, 0.6) is 0 Å². The van der Waals surface area contributed by atoms with E-state index in [1.165, 1.54) is 0 Å². The summed E-state index contributed by atoms with van der Waals surface area (Å²) in [4.78, 5) is 25.3. The molecule has 6 nitrogen and oxygen atoms in total. The molecule has 3 N–H and O–H groups in total. The summed E-state index contributed by atoms with van der Waals surface area (Å²) in [5.41, 5.74) is 7.40. The normalized spacial score (nSPS) is 20.0. The van der Waals surface area contributed by atoms with Gasteiger partial charge in [0.1, 0.15) is 5.82 Å². The molecule has 0 unspecified atom stereocenters. The van der Waals surface area contributed by atoms with Gasteiger partial charge < -0.3 is 11.1 Å². The molecule has 1 aromatic carbocycles. The van der Waals surface area contributed by atoms with Crippen LogP contribution in [-0.4, -0.2) is 26.9 Å². The first-order chi connectivity index (χ1) is 12.7. The van der Waals surface area contributed by atoms with Gasteiger partial charge in [-0.1, -0.05) is 25.0 Å². The minimum Gasteiger partial charge on any atom is -0.369 e. The Bertz CT molecular complexity index is 928. The Morgan fingerprint density at radius 1 is 1.04 bits per heavy atom. The number of benzene rings is 1. The molecule has 3 aromatic rings. The number of nitrogens with two attached hydrogens (primary N) is 1. The molecule has 1 saturated carbocycles. The minimum atomic E-state index is -0.241. The summed E-state index contributed by atoms with van der Waals surface area (Å²) in [6.45, 7) is 0. The van der Waals surface area contributed by atoms with E-state index in [-0.39, 0.29) is 17.9 Å². The number of anilines is 1. The minimum absolute atomic E-state index is 0.00449. The van der Waals surface area contributed by atoms with Gasteiger partial charge in [-0.05, 0) is 37.1 Å². The summed E-state index contributed by atoms with van der Waals surface area (Å²) in [7, 11) is 0. The van der Waals surface area contributed by atoms with Crippen LogP contribution < -0.4 is 11.1 Å². The topological polar surface area (TPSA) is 93.8 Å². The zero-order chi connectivity index (χ0) is 17.9. The van der Waals surface area contributed by atoms with Crippen molar-refractivity contribution in [3.63, 3.8) is 0 Å². The quantitative estimate of drug-likeness (QED) is 0.756. The molecule has 0 saturated heterocycles. The fraction of sp³-hybridized carbons (Fsp3) is 0.300. The van der Waals surface area contributed by atoms with Crippen molar-refractivity contribution in [2.24, 2.45) is 11.7 Å². The predicted octanol–water partition coefficient (Wildman–Crippen LogP) is 3.15. The number of nitrogens with one attached hydrogen (secondary N) is 1. The van der Waals surface area contributed by atoms with Crippen molar-refractivity contribution in [2.45, 2.75) is 31.7 Å². The first-order valence-corrected chi connectivity index (χ1v) is 8.95. The first kappa shape index (κ1) is 16.4. The third-order valence-electron chi connectivity index (χ3n) is 5.00. The number of para-hydroxylation sites is 1. The summed E-state index contributed by atoms with van der Waals surface area (Å²) in [5.74, 6) is 0.984. The molecule has 0 aliphatic heterocycles. The number of amides is 1. The van der Waals surface area contributed by atoms with Gasteiger partial charge in [-0.15, -0.1) is 0 Å². The Morgan fingerprint density at radius 2 is 1.81 bits per heavy atom. The number of pyridine rings is 1. The molecular formula is C20H21N5O. The van der Waals surface area contributed by atoms with Crippen molar-refractivity contribution in [1.29, 1.82) is 0 Å². The van der Waals surface area contributed by atoms with Crippen molar-refractivity contribution in [3.05, 3.63) is 48.8 Å². The van der Waals surface area contributed by atoms with Crippen molar-refractivity contribution < 1.29 is 4.79 Å². The lowest BCUT2D eigenvalue weighted by Gasteiger charge is -2.30. The summed E-state index contributed by atoms with van der Waals surface area (Å²) in [6.07, 6.45) is 7.32. The predicted molar refractivity (Wildman–Crippen MR) is 101 cm³/mol. The number of nitrogens with zero attached hydrogens (tertiary/aromatic N) is 3. The van der Waals surface area contributed by atoms with Gasteiger partial charge in [-0.25, -0.2) is 9.97 Å². The Labute approximate surface area is 151 Å². The number of primary amides is 1. The van der Waals surface area contributed by atoms with Gasteiger partial charge in [0.2, 0.25) is 5.91 Å². The van der Waals surface area contributed by atoms with Crippen LogP contribution >= 0.6 is 0 Å². The van der Waals surface area contributed by atoms with Crippen molar-refractivity contribution in [2.75, 3.05) is 5.32 Å². The third-order valence-corrected chi connectivity index (χ3v) is 5.00. The monoisotopic (exact) mass is 347 g/mol. The van der Waals surface area contributed by atoms with Crippen LogP contribution in [0.4, 0.5) is 5.82 Å². The molecule has 0 spiro atoms. The van der Waals surface area contributed by atoms with Gasteiger partial charge in [-0.2, -0.15) is 0 Å². The van der Waals surface area contributed by atoms with E-state index in [0.29, 0.717) is 5.82 Å². The third kappa shape index (κ3) is 3.22. The molecule has 1 fully saturated rings. The average Bonchev–Trinajstić information content (AvgIpc) is 2.69. The van der Waals surface area contributed by atoms with Crippen LogP contribution in [-0.2, 0) is 4.79 Å². The fourth-order valence-corrected chi connectivity index (χ4v) is 3.64. The lowest BCUT2D eigenvalue weighted by atomic mass is 9.84. The van der Waals surface area contributed by atoms with Gasteiger partial charge >= 0.3 is 0 Å². The number of fused-ring (bicyclic) bond motifs is 1. The van der Waals surface area contributed by atoms with Crippen LogP contribution in [0, 0.1) is 5.92 Å². The van der Waals surface area contributed by atoms with E-state index in [9.17, 15) is 4.79 Å². The van der Waals surface area contributed by atoms with Gasteiger partial charge in [0, 0.05) is 29.4 Å². The van der Waals surface area contributed by atoms with Crippen LogP contribution in [0.1, 0.15) is 25.7 Å². The second kappa shape index (κ2) is 7.07. The highest BCUT2D eigenvalue weighted by Crippen LogP contribution is 2.30. The molecule has 0 radical (unpaired) electrons. The van der Waals surface area contributed by atoms with E-state index < -0.39 is 0 Å². The summed E-state index contributed by atoms with van der Waals surface area (Å²) < 4.78 is 0. The number of hydrogen-bond acceptors (Lipinski definition) is 5. The summed E-state index contributed by atoms with van der Waals surface area (Å²) >= 11 is 0. The lowest BCUT2D eigenvalue weighted by Crippen LogP contribution is -2.40. The van der Waals surface area contributed by atoms with Crippen LogP contribution in [0.15, 0.2) is 48.8 Å². The maximum atomic E-state index is 11.8. The average molecular weight is 347 g/mol. The summed E-state index contributed by atoms with van der Waals surface area (Å²) in [5, 5.41) is 4.44. The molecule has 1 aliphatic carbocycles.